The Morgan fingerprint density at radius 2 is 1.87 bits per heavy atom. The van der Waals surface area contributed by atoms with Crippen molar-refractivity contribution in [3.05, 3.63) is 47.5 Å². The molecule has 1 aliphatic heterocycles. The van der Waals surface area contributed by atoms with Gasteiger partial charge < -0.3 is 19.7 Å². The predicted octanol–water partition coefficient (Wildman–Crippen LogP) is 1.63. The largest absolute Gasteiger partial charge is 0.508 e. The third-order valence-corrected chi connectivity index (χ3v) is 3.19. The summed E-state index contributed by atoms with van der Waals surface area (Å²) in [4.78, 5) is 12.0. The number of phenols is 2. The van der Waals surface area contributed by atoms with Crippen LogP contribution in [0.5, 0.6) is 23.0 Å². The van der Waals surface area contributed by atoms with Crippen molar-refractivity contribution in [3.8, 4) is 23.0 Å². The van der Waals surface area contributed by atoms with Gasteiger partial charge in [0.2, 0.25) is 0 Å². The van der Waals surface area contributed by atoms with E-state index in [1.165, 1.54) is 24.4 Å². The van der Waals surface area contributed by atoms with Crippen LogP contribution < -0.4 is 14.9 Å². The number of nitrogens with one attached hydrogen (secondary N) is 1. The highest BCUT2D eigenvalue weighted by molar-refractivity contribution is 5.95. The van der Waals surface area contributed by atoms with Crippen LogP contribution in [0.3, 0.4) is 0 Å². The third kappa shape index (κ3) is 3.34. The van der Waals surface area contributed by atoms with Crippen molar-refractivity contribution in [1.29, 1.82) is 0 Å². The third-order valence-electron chi connectivity index (χ3n) is 3.19. The number of rotatable bonds is 3. The molecule has 3 rings (SSSR count). The number of amides is 1. The van der Waals surface area contributed by atoms with Crippen LogP contribution >= 0.6 is 0 Å². The van der Waals surface area contributed by atoms with Crippen molar-refractivity contribution in [2.24, 2.45) is 5.10 Å². The van der Waals surface area contributed by atoms with Gasteiger partial charge in [-0.2, -0.15) is 5.10 Å². The molecule has 0 unspecified atom stereocenters. The Bertz CT molecular complexity index is 773. The summed E-state index contributed by atoms with van der Waals surface area (Å²) in [6.45, 7) is 0.926. The van der Waals surface area contributed by atoms with Gasteiger partial charge in [-0.15, -0.1) is 0 Å². The van der Waals surface area contributed by atoms with Crippen LogP contribution in [0, 0.1) is 0 Å². The molecule has 118 valence electrons. The molecule has 3 N–H and O–H groups in total. The molecule has 0 atom stereocenters. The second-order valence-electron chi connectivity index (χ2n) is 4.80. The lowest BCUT2D eigenvalue weighted by Crippen LogP contribution is -2.19. The SMILES string of the molecule is O=C(N/N=C\c1ccc(O)cc1O)c1ccc2c(c1)OCCO2. The van der Waals surface area contributed by atoms with Gasteiger partial charge in [-0.05, 0) is 30.3 Å². The van der Waals surface area contributed by atoms with Gasteiger partial charge in [-0.1, -0.05) is 0 Å². The maximum absolute atomic E-state index is 12.0. The molecular weight excluding hydrogens is 300 g/mol. The zero-order valence-electron chi connectivity index (χ0n) is 12.0. The number of hydrogen-bond acceptors (Lipinski definition) is 6. The minimum atomic E-state index is -0.420. The summed E-state index contributed by atoms with van der Waals surface area (Å²) < 4.78 is 10.8. The summed E-state index contributed by atoms with van der Waals surface area (Å²) in [5, 5.41) is 22.6. The summed E-state index contributed by atoms with van der Waals surface area (Å²) in [5.74, 6) is 0.508. The van der Waals surface area contributed by atoms with E-state index in [0.29, 0.717) is 35.8 Å². The number of fused-ring (bicyclic) bond motifs is 1. The van der Waals surface area contributed by atoms with Crippen molar-refractivity contribution in [2.45, 2.75) is 0 Å². The van der Waals surface area contributed by atoms with E-state index in [4.69, 9.17) is 9.47 Å². The van der Waals surface area contributed by atoms with Gasteiger partial charge in [0.05, 0.1) is 6.21 Å². The van der Waals surface area contributed by atoms with Gasteiger partial charge in [0.25, 0.3) is 5.91 Å². The first-order chi connectivity index (χ1) is 11.1. The van der Waals surface area contributed by atoms with Crippen molar-refractivity contribution < 1.29 is 24.5 Å². The van der Waals surface area contributed by atoms with Crippen LogP contribution in [0.15, 0.2) is 41.5 Å². The Labute approximate surface area is 131 Å². The molecule has 0 saturated heterocycles. The molecule has 0 bridgehead atoms. The zero-order chi connectivity index (χ0) is 16.2. The van der Waals surface area contributed by atoms with E-state index >= 15 is 0 Å². The molecule has 0 spiro atoms. The number of nitrogens with zero attached hydrogens (tertiary/aromatic N) is 1. The van der Waals surface area contributed by atoms with Crippen LogP contribution in [-0.4, -0.2) is 35.5 Å². The summed E-state index contributed by atoms with van der Waals surface area (Å²) in [6.07, 6.45) is 1.28. The Kier molecular flexibility index (Phi) is 4.01. The molecule has 0 saturated carbocycles. The molecule has 1 amide bonds. The van der Waals surface area contributed by atoms with E-state index in [-0.39, 0.29) is 11.5 Å². The van der Waals surface area contributed by atoms with Crippen molar-refractivity contribution in [1.82, 2.24) is 5.43 Å². The lowest BCUT2D eigenvalue weighted by atomic mass is 10.2. The number of aromatic hydroxyl groups is 2. The van der Waals surface area contributed by atoms with E-state index < -0.39 is 5.91 Å². The predicted molar refractivity (Wildman–Crippen MR) is 82.3 cm³/mol. The molecule has 1 aliphatic rings. The van der Waals surface area contributed by atoms with Crippen molar-refractivity contribution in [3.63, 3.8) is 0 Å². The maximum Gasteiger partial charge on any atom is 0.271 e. The molecule has 2 aromatic carbocycles. The average Bonchev–Trinajstić information content (AvgIpc) is 2.56. The summed E-state index contributed by atoms with van der Waals surface area (Å²) in [5.41, 5.74) is 3.10. The molecule has 0 aliphatic carbocycles. The first-order valence-electron chi connectivity index (χ1n) is 6.88. The van der Waals surface area contributed by atoms with Gasteiger partial charge in [0.1, 0.15) is 24.7 Å². The number of phenolic OH excluding ortho intramolecular Hbond substituents is 2. The topological polar surface area (TPSA) is 100 Å². The number of benzene rings is 2. The monoisotopic (exact) mass is 314 g/mol. The molecule has 0 fully saturated rings. The first-order valence-corrected chi connectivity index (χ1v) is 6.88. The van der Waals surface area contributed by atoms with Crippen LogP contribution in [0.4, 0.5) is 0 Å². The highest BCUT2D eigenvalue weighted by Crippen LogP contribution is 2.30. The molecular formula is C16H14N2O5. The van der Waals surface area contributed by atoms with Crippen molar-refractivity contribution >= 4 is 12.1 Å². The second kappa shape index (κ2) is 6.27. The van der Waals surface area contributed by atoms with Gasteiger partial charge in [0, 0.05) is 17.2 Å². The Hall–Kier alpha value is -3.22. The van der Waals surface area contributed by atoms with Gasteiger partial charge >= 0.3 is 0 Å². The van der Waals surface area contributed by atoms with E-state index in [1.54, 1.807) is 18.2 Å². The second-order valence-corrected chi connectivity index (χ2v) is 4.80. The maximum atomic E-state index is 12.0. The highest BCUT2D eigenvalue weighted by Gasteiger charge is 2.14. The highest BCUT2D eigenvalue weighted by atomic mass is 16.6. The lowest BCUT2D eigenvalue weighted by molar-refractivity contribution is 0.0954. The molecule has 23 heavy (non-hydrogen) atoms. The summed E-state index contributed by atoms with van der Waals surface area (Å²) in [7, 11) is 0. The van der Waals surface area contributed by atoms with Crippen LogP contribution in [0.2, 0.25) is 0 Å². The standard InChI is InChI=1S/C16H14N2O5/c19-12-3-1-11(13(20)8-12)9-17-18-16(21)10-2-4-14-15(7-10)23-6-5-22-14/h1-4,7-9,19-20H,5-6H2,(H,18,21)/b17-9-. The summed E-state index contributed by atoms with van der Waals surface area (Å²) >= 11 is 0. The lowest BCUT2D eigenvalue weighted by Gasteiger charge is -2.18. The molecule has 7 nitrogen and oxygen atoms in total. The molecule has 2 aromatic rings. The molecule has 0 radical (unpaired) electrons. The number of carbonyl (C=O) groups is 1. The minimum Gasteiger partial charge on any atom is -0.508 e. The van der Waals surface area contributed by atoms with Crippen LogP contribution in [-0.2, 0) is 0 Å². The Balaban J connectivity index is 1.68. The van der Waals surface area contributed by atoms with E-state index in [9.17, 15) is 15.0 Å². The normalized spacial score (nSPS) is 13.0. The van der Waals surface area contributed by atoms with Crippen LogP contribution in [0.25, 0.3) is 0 Å². The first kappa shape index (κ1) is 14.7. The van der Waals surface area contributed by atoms with Gasteiger partial charge in [-0.25, -0.2) is 5.43 Å². The number of ether oxygens (including phenoxy) is 2. The smallest absolute Gasteiger partial charge is 0.271 e. The zero-order valence-corrected chi connectivity index (χ0v) is 12.0. The fourth-order valence-corrected chi connectivity index (χ4v) is 2.05. The number of hydrazone groups is 1. The van der Waals surface area contributed by atoms with Gasteiger partial charge in [-0.3, -0.25) is 4.79 Å². The molecule has 7 heteroatoms. The van der Waals surface area contributed by atoms with Gasteiger partial charge in [0.15, 0.2) is 11.5 Å². The van der Waals surface area contributed by atoms with E-state index in [1.807, 2.05) is 0 Å². The van der Waals surface area contributed by atoms with Crippen molar-refractivity contribution in [2.75, 3.05) is 13.2 Å². The minimum absolute atomic E-state index is 0.0556. The van der Waals surface area contributed by atoms with E-state index in [0.717, 1.165) is 0 Å². The number of hydrogen-bond donors (Lipinski definition) is 3. The summed E-state index contributed by atoms with van der Waals surface area (Å²) in [6, 6.07) is 8.92. The number of carbonyl (C=O) groups excluding carboxylic acids is 1. The average molecular weight is 314 g/mol. The van der Waals surface area contributed by atoms with Crippen LogP contribution in [0.1, 0.15) is 15.9 Å². The van der Waals surface area contributed by atoms with E-state index in [2.05, 4.69) is 10.5 Å². The molecule has 0 aromatic heterocycles. The quantitative estimate of drug-likeness (QED) is 0.590. The molecule has 1 heterocycles. The Morgan fingerprint density at radius 1 is 1.09 bits per heavy atom. The Morgan fingerprint density at radius 3 is 2.65 bits per heavy atom. The fraction of sp³-hybridized carbons (Fsp3) is 0.125. The fourth-order valence-electron chi connectivity index (χ4n) is 2.05.